The van der Waals surface area contributed by atoms with Gasteiger partial charge in [0.05, 0.1) is 6.54 Å². The first-order chi connectivity index (χ1) is 11.7. The van der Waals surface area contributed by atoms with E-state index in [0.717, 1.165) is 68.9 Å². The molecule has 2 fully saturated rings. The van der Waals surface area contributed by atoms with E-state index in [-0.39, 0.29) is 0 Å². The van der Waals surface area contributed by atoms with Crippen molar-refractivity contribution in [2.75, 3.05) is 59.0 Å². The van der Waals surface area contributed by atoms with Gasteiger partial charge in [-0.05, 0) is 31.0 Å². The van der Waals surface area contributed by atoms with Gasteiger partial charge in [0.1, 0.15) is 12.4 Å². The molecule has 0 aromatic heterocycles. The molecule has 0 radical (unpaired) electrons. The number of amides is 1. The monoisotopic (exact) mass is 395 g/mol. The van der Waals surface area contributed by atoms with E-state index in [4.69, 9.17) is 4.74 Å². The molecule has 2 saturated heterocycles. The first-order valence-electron chi connectivity index (χ1n) is 8.81. The molecule has 2 aliphatic rings. The lowest BCUT2D eigenvalue weighted by atomic mass is 10.3. The minimum atomic E-state index is 0.305. The van der Waals surface area contributed by atoms with Crippen molar-refractivity contribution < 1.29 is 9.53 Å². The Labute approximate surface area is 152 Å². The van der Waals surface area contributed by atoms with E-state index in [9.17, 15) is 4.79 Å². The predicted molar refractivity (Wildman–Crippen MR) is 98.3 cm³/mol. The highest BCUT2D eigenvalue weighted by Crippen LogP contribution is 2.17. The Morgan fingerprint density at radius 2 is 1.75 bits per heavy atom. The van der Waals surface area contributed by atoms with Gasteiger partial charge >= 0.3 is 0 Å². The Bertz CT molecular complexity index is 541. The Morgan fingerprint density at radius 3 is 2.46 bits per heavy atom. The van der Waals surface area contributed by atoms with Gasteiger partial charge in [0.2, 0.25) is 5.91 Å². The minimum absolute atomic E-state index is 0.305. The fraction of sp³-hybridized carbons (Fsp3) is 0.611. The van der Waals surface area contributed by atoms with Crippen molar-refractivity contribution >= 4 is 21.8 Å². The predicted octanol–water partition coefficient (Wildman–Crippen LogP) is 2.07. The molecule has 1 amide bonds. The first kappa shape index (κ1) is 17.7. The quantitative estimate of drug-likeness (QED) is 0.738. The number of rotatable bonds is 6. The van der Waals surface area contributed by atoms with Crippen LogP contribution in [0.15, 0.2) is 28.7 Å². The van der Waals surface area contributed by atoms with Crippen LogP contribution in [-0.2, 0) is 4.79 Å². The van der Waals surface area contributed by atoms with Crippen molar-refractivity contribution in [1.82, 2.24) is 14.7 Å². The molecule has 1 aromatic rings. The zero-order valence-electron chi connectivity index (χ0n) is 14.1. The van der Waals surface area contributed by atoms with Crippen molar-refractivity contribution in [2.45, 2.75) is 12.8 Å². The molecule has 2 heterocycles. The number of carbonyl (C=O) groups is 1. The maximum atomic E-state index is 12.2. The van der Waals surface area contributed by atoms with E-state index >= 15 is 0 Å². The average molecular weight is 396 g/mol. The summed E-state index contributed by atoms with van der Waals surface area (Å²) in [5.74, 6) is 1.21. The summed E-state index contributed by atoms with van der Waals surface area (Å²) in [4.78, 5) is 18.9. The van der Waals surface area contributed by atoms with Crippen molar-refractivity contribution in [2.24, 2.45) is 0 Å². The molecule has 6 heteroatoms. The van der Waals surface area contributed by atoms with Gasteiger partial charge in [-0.3, -0.25) is 14.6 Å². The van der Waals surface area contributed by atoms with Crippen molar-refractivity contribution in [3.63, 3.8) is 0 Å². The Kier molecular flexibility index (Phi) is 6.51. The summed E-state index contributed by atoms with van der Waals surface area (Å²) in [5.41, 5.74) is 0. The third-order valence-corrected chi connectivity index (χ3v) is 5.25. The van der Waals surface area contributed by atoms with Crippen LogP contribution in [-0.4, -0.2) is 79.6 Å². The molecule has 0 bridgehead atoms. The van der Waals surface area contributed by atoms with Crippen LogP contribution in [0.25, 0.3) is 0 Å². The van der Waals surface area contributed by atoms with Gasteiger partial charge in [-0.2, -0.15) is 0 Å². The fourth-order valence-electron chi connectivity index (χ4n) is 3.28. The normalized spacial score (nSPS) is 19.6. The highest BCUT2D eigenvalue weighted by Gasteiger charge is 2.23. The second-order valence-corrected chi connectivity index (χ2v) is 7.43. The van der Waals surface area contributed by atoms with Gasteiger partial charge in [0.25, 0.3) is 0 Å². The van der Waals surface area contributed by atoms with E-state index in [0.29, 0.717) is 19.1 Å². The SMILES string of the molecule is O=C(CN1CCN(CCOc2cccc(Br)c2)CC1)N1CCCC1. The van der Waals surface area contributed by atoms with Crippen LogP contribution in [0.1, 0.15) is 12.8 Å². The standard InChI is InChI=1S/C18H26BrN3O2/c19-16-4-3-5-17(14-16)24-13-12-20-8-10-21(11-9-20)15-18(23)22-6-1-2-7-22/h3-5,14H,1-2,6-13,15H2. The summed E-state index contributed by atoms with van der Waals surface area (Å²) in [6.07, 6.45) is 2.33. The maximum absolute atomic E-state index is 12.2. The third-order valence-electron chi connectivity index (χ3n) is 4.75. The van der Waals surface area contributed by atoms with Gasteiger partial charge in [-0.15, -0.1) is 0 Å². The van der Waals surface area contributed by atoms with Gasteiger partial charge in [-0.25, -0.2) is 0 Å². The largest absolute Gasteiger partial charge is 0.492 e. The summed E-state index contributed by atoms with van der Waals surface area (Å²) in [5, 5.41) is 0. The molecule has 2 aliphatic heterocycles. The number of ether oxygens (including phenoxy) is 1. The van der Waals surface area contributed by atoms with Gasteiger partial charge in [0.15, 0.2) is 0 Å². The van der Waals surface area contributed by atoms with Crippen LogP contribution in [0.5, 0.6) is 5.75 Å². The van der Waals surface area contributed by atoms with Crippen LogP contribution >= 0.6 is 15.9 Å². The Balaban J connectivity index is 1.32. The lowest BCUT2D eigenvalue weighted by molar-refractivity contribution is -0.131. The van der Waals surface area contributed by atoms with E-state index in [1.54, 1.807) is 0 Å². The minimum Gasteiger partial charge on any atom is -0.492 e. The molecular formula is C18H26BrN3O2. The molecule has 3 rings (SSSR count). The van der Waals surface area contributed by atoms with Crippen molar-refractivity contribution in [1.29, 1.82) is 0 Å². The van der Waals surface area contributed by atoms with E-state index < -0.39 is 0 Å². The van der Waals surface area contributed by atoms with Gasteiger partial charge in [0, 0.05) is 50.3 Å². The van der Waals surface area contributed by atoms with Crippen LogP contribution in [0.2, 0.25) is 0 Å². The molecule has 0 saturated carbocycles. The van der Waals surface area contributed by atoms with Crippen LogP contribution in [0, 0.1) is 0 Å². The number of halogens is 1. The highest BCUT2D eigenvalue weighted by molar-refractivity contribution is 9.10. The number of piperazine rings is 1. The molecule has 24 heavy (non-hydrogen) atoms. The number of nitrogens with zero attached hydrogens (tertiary/aromatic N) is 3. The molecule has 0 spiro atoms. The number of benzene rings is 1. The summed E-state index contributed by atoms with van der Waals surface area (Å²) in [6.45, 7) is 8.07. The summed E-state index contributed by atoms with van der Waals surface area (Å²) in [7, 11) is 0. The number of likely N-dealkylation sites (tertiary alicyclic amines) is 1. The smallest absolute Gasteiger partial charge is 0.236 e. The van der Waals surface area contributed by atoms with Crippen molar-refractivity contribution in [3.05, 3.63) is 28.7 Å². The molecule has 132 valence electrons. The molecular weight excluding hydrogens is 370 g/mol. The van der Waals surface area contributed by atoms with Crippen LogP contribution in [0.3, 0.4) is 0 Å². The summed E-state index contributed by atoms with van der Waals surface area (Å²) in [6, 6.07) is 7.94. The number of hydrogen-bond acceptors (Lipinski definition) is 4. The highest BCUT2D eigenvalue weighted by atomic mass is 79.9. The lowest BCUT2D eigenvalue weighted by Crippen LogP contribution is -2.50. The number of hydrogen-bond donors (Lipinski definition) is 0. The van der Waals surface area contributed by atoms with Crippen molar-refractivity contribution in [3.8, 4) is 5.75 Å². The molecule has 0 atom stereocenters. The Morgan fingerprint density at radius 1 is 1.04 bits per heavy atom. The van der Waals surface area contributed by atoms with Gasteiger partial charge in [-0.1, -0.05) is 22.0 Å². The molecule has 1 aromatic carbocycles. The summed E-state index contributed by atoms with van der Waals surface area (Å²) >= 11 is 3.45. The zero-order chi connectivity index (χ0) is 16.8. The van der Waals surface area contributed by atoms with E-state index in [1.165, 1.54) is 0 Å². The Hall–Kier alpha value is -1.11. The fourth-order valence-corrected chi connectivity index (χ4v) is 3.66. The number of carbonyl (C=O) groups excluding carboxylic acids is 1. The maximum Gasteiger partial charge on any atom is 0.236 e. The third kappa shape index (κ3) is 5.19. The molecule has 5 nitrogen and oxygen atoms in total. The molecule has 0 aliphatic carbocycles. The summed E-state index contributed by atoms with van der Waals surface area (Å²) < 4.78 is 6.84. The molecule has 0 unspecified atom stereocenters. The zero-order valence-corrected chi connectivity index (χ0v) is 15.7. The second kappa shape index (κ2) is 8.83. The van der Waals surface area contributed by atoms with E-state index in [1.807, 2.05) is 29.2 Å². The van der Waals surface area contributed by atoms with E-state index in [2.05, 4.69) is 25.7 Å². The van der Waals surface area contributed by atoms with Gasteiger partial charge < -0.3 is 9.64 Å². The second-order valence-electron chi connectivity index (χ2n) is 6.51. The van der Waals surface area contributed by atoms with Crippen LogP contribution in [0.4, 0.5) is 0 Å². The lowest BCUT2D eigenvalue weighted by Gasteiger charge is -2.34. The first-order valence-corrected chi connectivity index (χ1v) is 9.61. The van der Waals surface area contributed by atoms with Crippen LogP contribution < -0.4 is 4.74 Å². The molecule has 0 N–H and O–H groups in total. The average Bonchev–Trinajstić information content (AvgIpc) is 3.11. The topological polar surface area (TPSA) is 36.0 Å².